The third kappa shape index (κ3) is 2.40. The van der Waals surface area contributed by atoms with Gasteiger partial charge in [-0.25, -0.2) is 4.98 Å². The van der Waals surface area contributed by atoms with Gasteiger partial charge in [-0.3, -0.25) is 0 Å². The van der Waals surface area contributed by atoms with Crippen molar-refractivity contribution in [2.24, 2.45) is 0 Å². The van der Waals surface area contributed by atoms with Gasteiger partial charge < -0.3 is 9.80 Å². The van der Waals surface area contributed by atoms with Gasteiger partial charge >= 0.3 is 0 Å². The van der Waals surface area contributed by atoms with Gasteiger partial charge in [0.25, 0.3) is 0 Å². The van der Waals surface area contributed by atoms with E-state index in [-0.39, 0.29) is 6.04 Å². The van der Waals surface area contributed by atoms with Crippen LogP contribution in [-0.2, 0) is 0 Å². The lowest BCUT2D eigenvalue weighted by Crippen LogP contribution is -2.53. The maximum Gasteiger partial charge on any atom is 0.177 e. The maximum atomic E-state index is 9.27. The number of nitriles is 1. The lowest BCUT2D eigenvalue weighted by Gasteiger charge is -2.41. The topological polar surface area (TPSA) is 86.2 Å². The minimum atomic E-state index is 0.244. The fraction of sp³-hybridized carbons (Fsp3) is 0.312. The summed E-state index contributed by atoms with van der Waals surface area (Å²) in [4.78, 5) is 8.81. The highest BCUT2D eigenvalue weighted by molar-refractivity contribution is 5.55. The fourth-order valence-electron chi connectivity index (χ4n) is 3.10. The highest BCUT2D eigenvalue weighted by atomic mass is 15.4. The average molecular weight is 320 g/mol. The minimum Gasteiger partial charge on any atom is -0.352 e. The molecule has 0 amide bonds. The van der Waals surface area contributed by atoms with Crippen molar-refractivity contribution in [2.75, 3.05) is 29.4 Å². The quantitative estimate of drug-likeness (QED) is 0.699. The summed E-state index contributed by atoms with van der Waals surface area (Å²) in [7, 11) is 0. The first-order chi connectivity index (χ1) is 11.8. The largest absolute Gasteiger partial charge is 0.352 e. The van der Waals surface area contributed by atoms with Crippen molar-refractivity contribution in [3.8, 4) is 6.07 Å². The summed E-state index contributed by atoms with van der Waals surface area (Å²) in [5, 5.41) is 21.7. The molecule has 1 saturated heterocycles. The number of piperazine rings is 1. The molecule has 1 fully saturated rings. The number of nitrogens with zero attached hydrogens (tertiary/aromatic N) is 8. The monoisotopic (exact) mass is 320 g/mol. The van der Waals surface area contributed by atoms with E-state index in [1.807, 2.05) is 12.1 Å². The molecule has 4 heterocycles. The molecule has 120 valence electrons. The van der Waals surface area contributed by atoms with Crippen molar-refractivity contribution in [1.82, 2.24) is 24.8 Å². The van der Waals surface area contributed by atoms with Gasteiger partial charge in [0.05, 0.1) is 5.56 Å². The maximum absolute atomic E-state index is 9.27. The van der Waals surface area contributed by atoms with Crippen LogP contribution in [0.4, 0.5) is 11.6 Å². The summed E-state index contributed by atoms with van der Waals surface area (Å²) in [6, 6.07) is 9.95. The van der Waals surface area contributed by atoms with E-state index >= 15 is 0 Å². The van der Waals surface area contributed by atoms with Crippen LogP contribution in [0.2, 0.25) is 0 Å². The lowest BCUT2D eigenvalue weighted by molar-refractivity contribution is 0.539. The molecule has 24 heavy (non-hydrogen) atoms. The van der Waals surface area contributed by atoms with Crippen molar-refractivity contribution < 1.29 is 0 Å². The van der Waals surface area contributed by atoms with Crippen LogP contribution in [0.5, 0.6) is 0 Å². The van der Waals surface area contributed by atoms with Gasteiger partial charge in [-0.05, 0) is 31.2 Å². The summed E-state index contributed by atoms with van der Waals surface area (Å²) < 4.78 is 1.68. The summed E-state index contributed by atoms with van der Waals surface area (Å²) >= 11 is 0. The Kier molecular flexibility index (Phi) is 3.46. The van der Waals surface area contributed by atoms with Crippen molar-refractivity contribution in [3.63, 3.8) is 0 Å². The summed E-state index contributed by atoms with van der Waals surface area (Å²) in [5.74, 6) is 1.66. The Morgan fingerprint density at radius 3 is 3.00 bits per heavy atom. The zero-order valence-corrected chi connectivity index (χ0v) is 13.2. The third-order valence-corrected chi connectivity index (χ3v) is 4.28. The summed E-state index contributed by atoms with van der Waals surface area (Å²) in [5.41, 5.74) is 1.35. The van der Waals surface area contributed by atoms with Gasteiger partial charge in [0.2, 0.25) is 0 Å². The molecule has 4 rings (SSSR count). The van der Waals surface area contributed by atoms with Crippen LogP contribution in [0.1, 0.15) is 12.5 Å². The molecular formula is C16H16N8. The van der Waals surface area contributed by atoms with Crippen LogP contribution in [-0.4, -0.2) is 50.5 Å². The molecule has 1 aliphatic heterocycles. The van der Waals surface area contributed by atoms with Crippen molar-refractivity contribution in [2.45, 2.75) is 13.0 Å². The Morgan fingerprint density at radius 1 is 1.25 bits per heavy atom. The van der Waals surface area contributed by atoms with E-state index in [0.717, 1.165) is 36.9 Å². The summed E-state index contributed by atoms with van der Waals surface area (Å²) in [6.07, 6.45) is 3.33. The first-order valence-corrected chi connectivity index (χ1v) is 7.80. The van der Waals surface area contributed by atoms with E-state index < -0.39 is 0 Å². The molecule has 8 nitrogen and oxygen atoms in total. The Hall–Kier alpha value is -3.21. The van der Waals surface area contributed by atoms with E-state index in [1.165, 1.54) is 0 Å². The molecule has 0 radical (unpaired) electrons. The second kappa shape index (κ2) is 5.77. The van der Waals surface area contributed by atoms with Gasteiger partial charge in [0.1, 0.15) is 24.0 Å². The Balaban J connectivity index is 1.57. The number of rotatable bonds is 2. The number of hydrogen-bond donors (Lipinski definition) is 0. The standard InChI is InChI=1S/C16H16N8/c1-12-10-22(16-13(9-17)3-2-6-18-16)7-8-23(12)15-5-4-14-20-19-11-24(14)21-15/h2-6,11-12H,7-8,10H2,1H3/t12-/m1/s1. The molecule has 0 saturated carbocycles. The smallest absolute Gasteiger partial charge is 0.177 e. The summed E-state index contributed by atoms with van der Waals surface area (Å²) in [6.45, 7) is 4.54. The van der Waals surface area contributed by atoms with E-state index in [4.69, 9.17) is 0 Å². The van der Waals surface area contributed by atoms with E-state index in [9.17, 15) is 5.26 Å². The molecule has 3 aromatic heterocycles. The molecular weight excluding hydrogens is 304 g/mol. The lowest BCUT2D eigenvalue weighted by atomic mass is 10.1. The molecule has 0 bridgehead atoms. The second-order valence-electron chi connectivity index (χ2n) is 5.80. The normalized spacial score (nSPS) is 17.9. The van der Waals surface area contributed by atoms with Crippen LogP contribution < -0.4 is 9.80 Å². The number of hydrogen-bond acceptors (Lipinski definition) is 7. The Morgan fingerprint density at radius 2 is 2.17 bits per heavy atom. The predicted molar refractivity (Wildman–Crippen MR) is 88.8 cm³/mol. The SMILES string of the molecule is C[C@@H]1CN(c2ncccc2C#N)CCN1c1ccc2nncn2n1. The van der Waals surface area contributed by atoms with Crippen molar-refractivity contribution in [1.29, 1.82) is 5.26 Å². The van der Waals surface area contributed by atoms with E-state index in [0.29, 0.717) is 5.56 Å². The molecule has 1 aliphatic rings. The van der Waals surface area contributed by atoms with Crippen LogP contribution in [0, 0.1) is 11.3 Å². The predicted octanol–water partition coefficient (Wildman–Crippen LogP) is 1.11. The zero-order valence-electron chi connectivity index (χ0n) is 13.2. The van der Waals surface area contributed by atoms with E-state index in [2.05, 4.69) is 43.1 Å². The van der Waals surface area contributed by atoms with Gasteiger partial charge in [-0.2, -0.15) is 9.78 Å². The third-order valence-electron chi connectivity index (χ3n) is 4.28. The fourth-order valence-corrected chi connectivity index (χ4v) is 3.10. The van der Waals surface area contributed by atoms with Crippen molar-refractivity contribution >= 4 is 17.3 Å². The Labute approximate surface area is 139 Å². The molecule has 0 aromatic carbocycles. The van der Waals surface area contributed by atoms with Gasteiger partial charge in [0.15, 0.2) is 5.65 Å². The van der Waals surface area contributed by atoms with Crippen molar-refractivity contribution in [3.05, 3.63) is 42.4 Å². The molecule has 8 heteroatoms. The van der Waals surface area contributed by atoms with Crippen LogP contribution >= 0.6 is 0 Å². The molecule has 0 N–H and O–H groups in total. The number of aromatic nitrogens is 5. The molecule has 0 unspecified atom stereocenters. The molecule has 3 aromatic rings. The highest BCUT2D eigenvalue weighted by Crippen LogP contribution is 2.23. The highest BCUT2D eigenvalue weighted by Gasteiger charge is 2.27. The van der Waals surface area contributed by atoms with Crippen LogP contribution in [0.25, 0.3) is 5.65 Å². The number of anilines is 2. The second-order valence-corrected chi connectivity index (χ2v) is 5.80. The van der Waals surface area contributed by atoms with Gasteiger partial charge in [-0.1, -0.05) is 0 Å². The van der Waals surface area contributed by atoms with Gasteiger partial charge in [0, 0.05) is 31.9 Å². The Bertz CT molecular complexity index is 912. The zero-order chi connectivity index (χ0) is 16.5. The number of fused-ring (bicyclic) bond motifs is 1. The number of pyridine rings is 1. The first kappa shape index (κ1) is 14.4. The minimum absolute atomic E-state index is 0.244. The van der Waals surface area contributed by atoms with Crippen LogP contribution in [0.3, 0.4) is 0 Å². The van der Waals surface area contributed by atoms with Gasteiger partial charge in [-0.15, -0.1) is 15.3 Å². The molecule has 0 aliphatic carbocycles. The first-order valence-electron chi connectivity index (χ1n) is 7.80. The molecule has 1 atom stereocenters. The van der Waals surface area contributed by atoms with Crippen LogP contribution in [0.15, 0.2) is 36.8 Å². The average Bonchev–Trinajstić information content (AvgIpc) is 3.09. The molecule has 0 spiro atoms. The van der Waals surface area contributed by atoms with E-state index in [1.54, 1.807) is 29.2 Å².